The first-order valence-electron chi connectivity index (χ1n) is 4.36. The minimum absolute atomic E-state index is 0.140. The molecule has 1 heterocycles. The highest BCUT2D eigenvalue weighted by Gasteiger charge is 1.99. The van der Waals surface area contributed by atoms with Gasteiger partial charge in [-0.3, -0.25) is 0 Å². The molecule has 1 rings (SSSR count). The Kier molecular flexibility index (Phi) is 3.61. The Morgan fingerprint density at radius 3 is 2.87 bits per heavy atom. The number of nitrogen functional groups attached to an aromatic ring is 2. The van der Waals surface area contributed by atoms with Crippen LogP contribution in [0.4, 0.5) is 11.6 Å². The molecule has 6 nitrogen and oxygen atoms in total. The van der Waals surface area contributed by atoms with Crippen molar-refractivity contribution in [1.29, 1.82) is 0 Å². The first-order chi connectivity index (χ1) is 7.13. The highest BCUT2D eigenvalue weighted by Crippen LogP contribution is 2.08. The molecule has 1 aromatic rings. The van der Waals surface area contributed by atoms with E-state index in [0.717, 1.165) is 0 Å². The molecule has 0 aromatic carbocycles. The standard InChI is InChI=1S/C9H12N4O2/c1-2-15-7(14)4-3-6-5-12-8(10)9(11)13-6/h3-5H,2H2,1H3,(H2,10,12)(H2,11,13). The van der Waals surface area contributed by atoms with Crippen LogP contribution in [0, 0.1) is 0 Å². The summed E-state index contributed by atoms with van der Waals surface area (Å²) < 4.78 is 4.69. The summed E-state index contributed by atoms with van der Waals surface area (Å²) in [6, 6.07) is 0. The minimum atomic E-state index is -0.435. The van der Waals surface area contributed by atoms with Crippen LogP contribution in [0.25, 0.3) is 6.08 Å². The molecule has 0 atom stereocenters. The first-order valence-corrected chi connectivity index (χ1v) is 4.36. The smallest absolute Gasteiger partial charge is 0.330 e. The number of anilines is 2. The van der Waals surface area contributed by atoms with Crippen LogP contribution in [0.1, 0.15) is 12.6 Å². The largest absolute Gasteiger partial charge is 0.463 e. The molecule has 0 aliphatic heterocycles. The number of esters is 1. The number of hydrogen-bond acceptors (Lipinski definition) is 6. The number of nitrogens with zero attached hydrogens (tertiary/aromatic N) is 2. The Morgan fingerprint density at radius 2 is 2.27 bits per heavy atom. The van der Waals surface area contributed by atoms with Crippen molar-refractivity contribution in [2.24, 2.45) is 0 Å². The maximum absolute atomic E-state index is 11.0. The van der Waals surface area contributed by atoms with E-state index in [4.69, 9.17) is 11.5 Å². The number of aromatic nitrogens is 2. The van der Waals surface area contributed by atoms with Crippen molar-refractivity contribution in [1.82, 2.24) is 9.97 Å². The van der Waals surface area contributed by atoms with Gasteiger partial charge in [0, 0.05) is 6.08 Å². The van der Waals surface area contributed by atoms with Crippen LogP contribution in [0.15, 0.2) is 12.3 Å². The second-order valence-electron chi connectivity index (χ2n) is 2.65. The molecule has 0 spiro atoms. The van der Waals surface area contributed by atoms with E-state index in [9.17, 15) is 4.79 Å². The van der Waals surface area contributed by atoms with Crippen LogP contribution in [0.3, 0.4) is 0 Å². The maximum Gasteiger partial charge on any atom is 0.330 e. The molecule has 0 amide bonds. The van der Waals surface area contributed by atoms with E-state index in [0.29, 0.717) is 12.3 Å². The van der Waals surface area contributed by atoms with Crippen LogP contribution in [0.2, 0.25) is 0 Å². The lowest BCUT2D eigenvalue weighted by molar-refractivity contribution is -0.137. The topological polar surface area (TPSA) is 104 Å². The lowest BCUT2D eigenvalue weighted by atomic mass is 10.4. The SMILES string of the molecule is CCOC(=O)C=Cc1cnc(N)c(N)n1. The van der Waals surface area contributed by atoms with Crippen LogP contribution < -0.4 is 11.5 Å². The van der Waals surface area contributed by atoms with E-state index >= 15 is 0 Å². The van der Waals surface area contributed by atoms with Crippen molar-refractivity contribution in [3.63, 3.8) is 0 Å². The monoisotopic (exact) mass is 208 g/mol. The van der Waals surface area contributed by atoms with Gasteiger partial charge in [0.1, 0.15) is 0 Å². The third-order valence-corrected chi connectivity index (χ3v) is 1.52. The second-order valence-corrected chi connectivity index (χ2v) is 2.65. The van der Waals surface area contributed by atoms with Gasteiger partial charge >= 0.3 is 5.97 Å². The summed E-state index contributed by atoms with van der Waals surface area (Å²) in [5.74, 6) is -0.126. The molecular formula is C9H12N4O2. The van der Waals surface area contributed by atoms with E-state index in [2.05, 4.69) is 14.7 Å². The molecule has 0 aliphatic rings. The Morgan fingerprint density at radius 1 is 1.53 bits per heavy atom. The van der Waals surface area contributed by atoms with E-state index < -0.39 is 5.97 Å². The first kappa shape index (κ1) is 11.0. The lowest BCUT2D eigenvalue weighted by Gasteiger charge is -1.98. The Labute approximate surface area is 87.0 Å². The molecule has 0 aliphatic carbocycles. The maximum atomic E-state index is 11.0. The number of hydrogen-bond donors (Lipinski definition) is 2. The van der Waals surface area contributed by atoms with Gasteiger partial charge in [-0.25, -0.2) is 14.8 Å². The number of carbonyl (C=O) groups is 1. The zero-order valence-corrected chi connectivity index (χ0v) is 8.30. The van der Waals surface area contributed by atoms with Gasteiger partial charge in [-0.05, 0) is 13.0 Å². The summed E-state index contributed by atoms with van der Waals surface area (Å²) in [6.45, 7) is 2.06. The number of carbonyl (C=O) groups excluding carboxylic acids is 1. The van der Waals surface area contributed by atoms with Crippen molar-refractivity contribution in [3.05, 3.63) is 18.0 Å². The zero-order valence-electron chi connectivity index (χ0n) is 8.30. The molecule has 1 aromatic heterocycles. The Balaban J connectivity index is 2.72. The lowest BCUT2D eigenvalue weighted by Crippen LogP contribution is -2.02. The van der Waals surface area contributed by atoms with Gasteiger partial charge in [0.05, 0.1) is 18.5 Å². The average Bonchev–Trinajstić information content (AvgIpc) is 2.20. The predicted octanol–water partition coefficient (Wildman–Crippen LogP) is 0.217. The second kappa shape index (κ2) is 4.94. The fourth-order valence-electron chi connectivity index (χ4n) is 0.851. The minimum Gasteiger partial charge on any atom is -0.463 e. The molecule has 0 unspecified atom stereocenters. The van der Waals surface area contributed by atoms with Gasteiger partial charge in [-0.2, -0.15) is 0 Å². The molecule has 6 heteroatoms. The quantitative estimate of drug-likeness (QED) is 0.543. The molecule has 0 fully saturated rings. The molecule has 4 N–H and O–H groups in total. The van der Waals surface area contributed by atoms with E-state index in [1.807, 2.05) is 0 Å². The molecular weight excluding hydrogens is 196 g/mol. The van der Waals surface area contributed by atoms with E-state index in [-0.39, 0.29) is 11.6 Å². The van der Waals surface area contributed by atoms with E-state index in [1.165, 1.54) is 18.3 Å². The number of ether oxygens (including phenoxy) is 1. The van der Waals surface area contributed by atoms with Gasteiger partial charge in [0.15, 0.2) is 11.6 Å². The fourth-order valence-corrected chi connectivity index (χ4v) is 0.851. The zero-order chi connectivity index (χ0) is 11.3. The summed E-state index contributed by atoms with van der Waals surface area (Å²) in [7, 11) is 0. The normalized spacial score (nSPS) is 10.5. The predicted molar refractivity (Wildman–Crippen MR) is 56.5 cm³/mol. The molecule has 0 radical (unpaired) electrons. The van der Waals surface area contributed by atoms with Gasteiger partial charge in [-0.1, -0.05) is 0 Å². The fraction of sp³-hybridized carbons (Fsp3) is 0.222. The highest BCUT2D eigenvalue weighted by molar-refractivity contribution is 5.86. The van der Waals surface area contributed by atoms with E-state index in [1.54, 1.807) is 6.92 Å². The molecule has 0 saturated carbocycles. The third kappa shape index (κ3) is 3.26. The van der Waals surface area contributed by atoms with Crippen molar-refractivity contribution in [3.8, 4) is 0 Å². The van der Waals surface area contributed by atoms with Gasteiger partial charge in [-0.15, -0.1) is 0 Å². The highest BCUT2D eigenvalue weighted by atomic mass is 16.5. The van der Waals surface area contributed by atoms with Crippen molar-refractivity contribution in [2.45, 2.75) is 6.92 Å². The summed E-state index contributed by atoms with van der Waals surface area (Å²) in [4.78, 5) is 18.6. The summed E-state index contributed by atoms with van der Waals surface area (Å²) in [5, 5.41) is 0. The Hall–Kier alpha value is -2.11. The van der Waals surface area contributed by atoms with Crippen molar-refractivity contribution < 1.29 is 9.53 Å². The van der Waals surface area contributed by atoms with Gasteiger partial charge < -0.3 is 16.2 Å². The number of rotatable bonds is 3. The average molecular weight is 208 g/mol. The van der Waals surface area contributed by atoms with Gasteiger partial charge in [0.2, 0.25) is 0 Å². The van der Waals surface area contributed by atoms with Gasteiger partial charge in [0.25, 0.3) is 0 Å². The van der Waals surface area contributed by atoms with Crippen LogP contribution in [-0.2, 0) is 9.53 Å². The van der Waals surface area contributed by atoms with Crippen molar-refractivity contribution >= 4 is 23.7 Å². The summed E-state index contributed by atoms with van der Waals surface area (Å²) in [5.41, 5.74) is 11.3. The molecule has 15 heavy (non-hydrogen) atoms. The third-order valence-electron chi connectivity index (χ3n) is 1.52. The van der Waals surface area contributed by atoms with Crippen LogP contribution in [0.5, 0.6) is 0 Å². The number of nitrogens with two attached hydrogens (primary N) is 2. The molecule has 0 saturated heterocycles. The Bertz CT molecular complexity index is 390. The molecule has 80 valence electrons. The summed E-state index contributed by atoms with van der Waals surface area (Å²) in [6.07, 6.45) is 4.13. The molecule has 0 bridgehead atoms. The van der Waals surface area contributed by atoms with Crippen molar-refractivity contribution in [2.75, 3.05) is 18.1 Å². The summed E-state index contributed by atoms with van der Waals surface area (Å²) >= 11 is 0. The van der Waals surface area contributed by atoms with Crippen LogP contribution >= 0.6 is 0 Å². The van der Waals surface area contributed by atoms with Crippen LogP contribution in [-0.4, -0.2) is 22.5 Å².